The minimum absolute atomic E-state index is 0.190. The van der Waals surface area contributed by atoms with Gasteiger partial charge in [-0.05, 0) is 37.3 Å². The monoisotopic (exact) mass is 562 g/mol. The van der Waals surface area contributed by atoms with E-state index in [1.54, 1.807) is 42.5 Å². The predicted molar refractivity (Wildman–Crippen MR) is 161 cm³/mol. The lowest BCUT2D eigenvalue weighted by atomic mass is 10.0. The molecule has 3 aromatic carbocycles. The van der Waals surface area contributed by atoms with Crippen molar-refractivity contribution in [3.8, 4) is 5.69 Å². The van der Waals surface area contributed by atoms with Gasteiger partial charge in [-0.1, -0.05) is 60.1 Å². The number of rotatable bonds is 6. The third-order valence-electron chi connectivity index (χ3n) is 6.79. The number of hydrogen-bond donors (Lipinski definition) is 3. The second kappa shape index (κ2) is 10.7. The number of anilines is 2. The first-order valence-corrected chi connectivity index (χ1v) is 13.2. The fourth-order valence-electron chi connectivity index (χ4n) is 4.94. The van der Waals surface area contributed by atoms with Crippen LogP contribution in [0.25, 0.3) is 27.5 Å². The first kappa shape index (κ1) is 26.0. The molecule has 0 spiro atoms. The Hall–Kier alpha value is -5.28. The molecule has 0 radical (unpaired) electrons. The van der Waals surface area contributed by atoms with Gasteiger partial charge in [0.05, 0.1) is 27.7 Å². The van der Waals surface area contributed by atoms with Crippen molar-refractivity contribution in [2.45, 2.75) is 13.0 Å². The number of carbonyl (C=O) groups excluding carboxylic acids is 1. The second-order valence-electron chi connectivity index (χ2n) is 9.38. The molecule has 3 N–H and O–H groups in total. The molecule has 6 aromatic rings. The minimum atomic E-state index is -0.598. The Kier molecular flexibility index (Phi) is 6.78. The zero-order chi connectivity index (χ0) is 28.5. The number of H-pyrrole nitrogens is 1. The number of para-hydroxylation sites is 2. The van der Waals surface area contributed by atoms with Gasteiger partial charge in [0.15, 0.2) is 5.43 Å². The SMILES string of the molecule is C[C@H](Nc1ncnc2[nH]ccc(=O)c12)c1c(Cl)c2cccc(C(=O)Nc3ccccc3)c2c(=O)n1-c1ccccc1. The molecule has 1 amide bonds. The van der Waals surface area contributed by atoms with Crippen LogP contribution < -0.4 is 21.6 Å². The molecule has 3 heterocycles. The van der Waals surface area contributed by atoms with E-state index in [0.717, 1.165) is 0 Å². The van der Waals surface area contributed by atoms with Gasteiger partial charge >= 0.3 is 0 Å². The number of halogens is 1. The van der Waals surface area contributed by atoms with Gasteiger partial charge in [0.25, 0.3) is 11.5 Å². The molecule has 3 aromatic heterocycles. The fraction of sp³-hybridized carbons (Fsp3) is 0.0645. The minimum Gasteiger partial charge on any atom is -0.361 e. The van der Waals surface area contributed by atoms with Crippen LogP contribution in [0, 0.1) is 0 Å². The Labute approximate surface area is 238 Å². The van der Waals surface area contributed by atoms with E-state index in [1.807, 2.05) is 43.3 Å². The van der Waals surface area contributed by atoms with Crippen molar-refractivity contribution in [2.75, 3.05) is 10.6 Å². The van der Waals surface area contributed by atoms with Crippen LogP contribution in [0.2, 0.25) is 5.02 Å². The Balaban J connectivity index is 1.55. The van der Waals surface area contributed by atoms with Gasteiger partial charge in [0.2, 0.25) is 0 Å². The predicted octanol–water partition coefficient (Wildman–Crippen LogP) is 5.70. The number of carbonyl (C=O) groups is 1. The number of hydrogen-bond acceptors (Lipinski definition) is 6. The molecule has 0 bridgehead atoms. The summed E-state index contributed by atoms with van der Waals surface area (Å²) in [6.45, 7) is 1.82. The van der Waals surface area contributed by atoms with E-state index in [9.17, 15) is 14.4 Å². The second-order valence-corrected chi connectivity index (χ2v) is 9.76. The van der Waals surface area contributed by atoms with Crippen molar-refractivity contribution in [1.82, 2.24) is 19.5 Å². The van der Waals surface area contributed by atoms with Crippen molar-refractivity contribution < 1.29 is 4.79 Å². The summed E-state index contributed by atoms with van der Waals surface area (Å²) < 4.78 is 1.50. The number of nitrogens with one attached hydrogen (secondary N) is 3. The van der Waals surface area contributed by atoms with Crippen molar-refractivity contribution >= 4 is 50.8 Å². The molecule has 0 unspecified atom stereocenters. The van der Waals surface area contributed by atoms with Crippen molar-refractivity contribution in [3.63, 3.8) is 0 Å². The summed E-state index contributed by atoms with van der Waals surface area (Å²) in [6, 6.07) is 23.9. The van der Waals surface area contributed by atoms with Crippen LogP contribution in [0.15, 0.2) is 107 Å². The topological polar surface area (TPSA) is 122 Å². The van der Waals surface area contributed by atoms with E-state index in [2.05, 4.69) is 25.6 Å². The lowest BCUT2D eigenvalue weighted by molar-refractivity contribution is 0.102. The quantitative estimate of drug-likeness (QED) is 0.239. The van der Waals surface area contributed by atoms with Gasteiger partial charge in [-0.25, -0.2) is 9.97 Å². The van der Waals surface area contributed by atoms with E-state index in [1.165, 1.54) is 23.2 Å². The zero-order valence-corrected chi connectivity index (χ0v) is 22.5. The van der Waals surface area contributed by atoms with Gasteiger partial charge in [-0.2, -0.15) is 0 Å². The number of fused-ring (bicyclic) bond motifs is 2. The lowest BCUT2D eigenvalue weighted by Crippen LogP contribution is -2.28. The molecule has 10 heteroatoms. The molecule has 1 atom stereocenters. The number of benzene rings is 3. The van der Waals surface area contributed by atoms with Gasteiger partial charge < -0.3 is 15.6 Å². The van der Waals surface area contributed by atoms with E-state index in [-0.39, 0.29) is 26.8 Å². The van der Waals surface area contributed by atoms with Crippen LogP contribution in [0.1, 0.15) is 29.0 Å². The van der Waals surface area contributed by atoms with E-state index in [4.69, 9.17) is 11.6 Å². The van der Waals surface area contributed by atoms with Crippen molar-refractivity contribution in [2.24, 2.45) is 0 Å². The highest BCUT2D eigenvalue weighted by Gasteiger charge is 2.25. The zero-order valence-electron chi connectivity index (χ0n) is 21.8. The standard InChI is InChI=1S/C31H23ClN6O3/c1-18(36-29-25-23(39)15-16-33-28(25)34-17-35-29)27-26(32)21-13-8-14-22(30(40)37-19-9-4-2-5-10-19)24(21)31(41)38(27)20-11-6-3-7-12-20/h2-18H,1H3,(H,37,40)(H2,33,34,35,36,39)/t18-/m0/s1. The van der Waals surface area contributed by atoms with Gasteiger partial charge in [0, 0.05) is 29.0 Å². The molecule has 0 fully saturated rings. The highest BCUT2D eigenvalue weighted by molar-refractivity contribution is 6.36. The fourth-order valence-corrected chi connectivity index (χ4v) is 5.35. The third-order valence-corrected chi connectivity index (χ3v) is 7.18. The molecular weight excluding hydrogens is 540 g/mol. The number of pyridine rings is 2. The molecular formula is C31H23ClN6O3. The number of amides is 1. The summed E-state index contributed by atoms with van der Waals surface area (Å²) in [6.07, 6.45) is 2.86. The van der Waals surface area contributed by atoms with Crippen LogP contribution in [-0.4, -0.2) is 25.4 Å². The highest BCUT2D eigenvalue weighted by atomic mass is 35.5. The average Bonchev–Trinajstić information content (AvgIpc) is 2.99. The molecule has 0 saturated heterocycles. The van der Waals surface area contributed by atoms with Crippen molar-refractivity contribution in [3.05, 3.63) is 134 Å². The smallest absolute Gasteiger partial charge is 0.264 e. The van der Waals surface area contributed by atoms with Crippen LogP contribution >= 0.6 is 11.6 Å². The molecule has 202 valence electrons. The number of aromatic nitrogens is 4. The Bertz CT molecular complexity index is 2040. The summed E-state index contributed by atoms with van der Waals surface area (Å²) in [4.78, 5) is 51.8. The Morgan fingerprint density at radius 2 is 1.63 bits per heavy atom. The summed E-state index contributed by atoms with van der Waals surface area (Å²) in [5, 5.41) is 7.31. The number of nitrogens with zero attached hydrogens (tertiary/aromatic N) is 3. The Morgan fingerprint density at radius 1 is 0.902 bits per heavy atom. The van der Waals surface area contributed by atoms with E-state index in [0.29, 0.717) is 33.9 Å². The average molecular weight is 563 g/mol. The van der Waals surface area contributed by atoms with Crippen LogP contribution in [0.4, 0.5) is 11.5 Å². The van der Waals surface area contributed by atoms with E-state index < -0.39 is 17.5 Å². The molecule has 41 heavy (non-hydrogen) atoms. The number of aromatic amines is 1. The maximum Gasteiger partial charge on any atom is 0.264 e. The highest BCUT2D eigenvalue weighted by Crippen LogP contribution is 2.34. The maximum absolute atomic E-state index is 14.3. The summed E-state index contributed by atoms with van der Waals surface area (Å²) in [5.74, 6) is -0.135. The molecule has 6 rings (SSSR count). The normalized spacial score (nSPS) is 11.9. The maximum atomic E-state index is 14.3. The first-order valence-electron chi connectivity index (χ1n) is 12.8. The summed E-state index contributed by atoms with van der Waals surface area (Å²) in [5.41, 5.74) is 1.51. The lowest BCUT2D eigenvalue weighted by Gasteiger charge is -2.24. The van der Waals surface area contributed by atoms with Crippen LogP contribution in [-0.2, 0) is 0 Å². The van der Waals surface area contributed by atoms with Crippen LogP contribution in [0.5, 0.6) is 0 Å². The van der Waals surface area contributed by atoms with Crippen LogP contribution in [0.3, 0.4) is 0 Å². The van der Waals surface area contributed by atoms with Gasteiger partial charge in [-0.15, -0.1) is 0 Å². The summed E-state index contributed by atoms with van der Waals surface area (Å²) >= 11 is 7.08. The van der Waals surface area contributed by atoms with E-state index >= 15 is 0 Å². The molecule has 9 nitrogen and oxygen atoms in total. The van der Waals surface area contributed by atoms with Crippen molar-refractivity contribution in [1.29, 1.82) is 0 Å². The molecule has 0 aliphatic rings. The summed E-state index contributed by atoms with van der Waals surface area (Å²) in [7, 11) is 0. The molecule has 0 saturated carbocycles. The first-order chi connectivity index (χ1) is 19.9. The third kappa shape index (κ3) is 4.72. The Morgan fingerprint density at radius 3 is 2.39 bits per heavy atom. The van der Waals surface area contributed by atoms with Gasteiger partial charge in [0.1, 0.15) is 23.2 Å². The van der Waals surface area contributed by atoms with Gasteiger partial charge in [-0.3, -0.25) is 19.0 Å². The molecule has 0 aliphatic heterocycles. The molecule has 0 aliphatic carbocycles. The largest absolute Gasteiger partial charge is 0.361 e.